The number of esters is 1. The molecular formula is C24H26BrN3O4. The maximum Gasteiger partial charge on any atom is 0.347 e. The van der Waals surface area contributed by atoms with E-state index in [1.807, 2.05) is 32.0 Å². The molecule has 32 heavy (non-hydrogen) atoms. The number of hydrogen-bond acceptors (Lipinski definition) is 6. The molecule has 2 aromatic carbocycles. The molecule has 0 radical (unpaired) electrons. The van der Waals surface area contributed by atoms with Crippen molar-refractivity contribution in [1.82, 2.24) is 9.66 Å². The van der Waals surface area contributed by atoms with E-state index in [9.17, 15) is 9.59 Å². The molecular weight excluding hydrogens is 474 g/mol. The van der Waals surface area contributed by atoms with E-state index in [1.165, 1.54) is 4.68 Å². The van der Waals surface area contributed by atoms with Crippen molar-refractivity contribution in [2.24, 2.45) is 5.10 Å². The highest BCUT2D eigenvalue weighted by atomic mass is 79.9. The topological polar surface area (TPSA) is 82.8 Å². The lowest BCUT2D eigenvalue weighted by Crippen LogP contribution is -2.26. The van der Waals surface area contributed by atoms with Crippen molar-refractivity contribution < 1.29 is 14.3 Å². The Balaban J connectivity index is 1.97. The molecule has 0 spiro atoms. The number of benzene rings is 2. The minimum Gasteiger partial charge on any atom is -0.479 e. The molecule has 0 unspecified atom stereocenters. The Hall–Kier alpha value is -3.00. The quantitative estimate of drug-likeness (QED) is 0.325. The van der Waals surface area contributed by atoms with Gasteiger partial charge in [-0.25, -0.2) is 9.78 Å². The second-order valence-corrected chi connectivity index (χ2v) is 8.30. The number of rotatable bonds is 8. The van der Waals surface area contributed by atoms with Crippen LogP contribution in [0.4, 0.5) is 0 Å². The van der Waals surface area contributed by atoms with Crippen LogP contribution < -0.4 is 10.3 Å². The van der Waals surface area contributed by atoms with E-state index in [0.29, 0.717) is 29.1 Å². The first-order chi connectivity index (χ1) is 15.3. The highest BCUT2D eigenvalue weighted by Crippen LogP contribution is 2.21. The monoisotopic (exact) mass is 499 g/mol. The number of carbonyl (C=O) groups excluding carboxylic acids is 1. The molecule has 3 rings (SSSR count). The van der Waals surface area contributed by atoms with Gasteiger partial charge >= 0.3 is 5.97 Å². The van der Waals surface area contributed by atoms with Gasteiger partial charge in [0.25, 0.3) is 5.56 Å². The van der Waals surface area contributed by atoms with Crippen LogP contribution in [0, 0.1) is 0 Å². The molecule has 7 nitrogen and oxygen atoms in total. The number of aromatic nitrogens is 2. The van der Waals surface area contributed by atoms with Gasteiger partial charge in [-0.2, -0.15) is 9.78 Å². The SMILES string of the molecule is CCOC(=O)[C@@H](C)Oc1cccc(C=Nn2c([C@@H](C)CC)nc3ccc(Br)cc3c2=O)c1. The fourth-order valence-corrected chi connectivity index (χ4v) is 3.44. The zero-order chi connectivity index (χ0) is 23.3. The molecule has 168 valence electrons. The molecule has 0 amide bonds. The molecule has 0 bridgehead atoms. The van der Waals surface area contributed by atoms with Crippen LogP contribution in [0.3, 0.4) is 0 Å². The van der Waals surface area contributed by atoms with Gasteiger partial charge in [0.15, 0.2) is 6.10 Å². The minimum atomic E-state index is -0.732. The lowest BCUT2D eigenvalue weighted by molar-refractivity contribution is -0.150. The van der Waals surface area contributed by atoms with Gasteiger partial charge in [-0.15, -0.1) is 0 Å². The van der Waals surface area contributed by atoms with Crippen molar-refractivity contribution >= 4 is 39.0 Å². The van der Waals surface area contributed by atoms with Gasteiger partial charge in [0.2, 0.25) is 0 Å². The third kappa shape index (κ3) is 5.43. The molecule has 0 saturated heterocycles. The zero-order valence-corrected chi connectivity index (χ0v) is 20.1. The standard InChI is InChI=1S/C24H26BrN3O4/c1-5-15(3)22-27-21-11-10-18(25)13-20(21)23(29)28(22)26-14-17-8-7-9-19(12-17)32-16(4)24(30)31-6-2/h7-16H,5-6H2,1-4H3/t15-,16+/m0/s1. The van der Waals surface area contributed by atoms with Crippen LogP contribution >= 0.6 is 15.9 Å². The van der Waals surface area contributed by atoms with Gasteiger partial charge in [0.05, 0.1) is 23.7 Å². The lowest BCUT2D eigenvalue weighted by Gasteiger charge is -2.14. The van der Waals surface area contributed by atoms with E-state index >= 15 is 0 Å². The Morgan fingerprint density at radius 1 is 1.22 bits per heavy atom. The third-order valence-electron chi connectivity index (χ3n) is 5.00. The Morgan fingerprint density at radius 2 is 2.00 bits per heavy atom. The van der Waals surface area contributed by atoms with Crippen LogP contribution in [0.15, 0.2) is 56.8 Å². The van der Waals surface area contributed by atoms with E-state index in [1.54, 1.807) is 44.3 Å². The van der Waals surface area contributed by atoms with Gasteiger partial charge in [-0.1, -0.05) is 41.9 Å². The number of nitrogens with zero attached hydrogens (tertiary/aromatic N) is 3. The predicted octanol–water partition coefficient (Wildman–Crippen LogP) is 4.89. The van der Waals surface area contributed by atoms with Crippen LogP contribution in [-0.4, -0.2) is 34.6 Å². The summed E-state index contributed by atoms with van der Waals surface area (Å²) in [6.45, 7) is 7.74. The summed E-state index contributed by atoms with van der Waals surface area (Å²) in [5, 5.41) is 4.95. The Bertz CT molecular complexity index is 1210. The van der Waals surface area contributed by atoms with Crippen molar-refractivity contribution in [1.29, 1.82) is 0 Å². The molecule has 0 N–H and O–H groups in total. The number of fused-ring (bicyclic) bond motifs is 1. The summed E-state index contributed by atoms with van der Waals surface area (Å²) in [5.74, 6) is 0.731. The van der Waals surface area contributed by atoms with Gasteiger partial charge in [-0.3, -0.25) is 4.79 Å². The lowest BCUT2D eigenvalue weighted by atomic mass is 10.1. The molecule has 0 aliphatic carbocycles. The van der Waals surface area contributed by atoms with Crippen molar-refractivity contribution in [2.75, 3.05) is 6.61 Å². The molecule has 3 aromatic rings. The van der Waals surface area contributed by atoms with Crippen LogP contribution in [0.2, 0.25) is 0 Å². The first-order valence-electron chi connectivity index (χ1n) is 10.5. The molecule has 1 heterocycles. The van der Waals surface area contributed by atoms with E-state index in [4.69, 9.17) is 14.5 Å². The van der Waals surface area contributed by atoms with Crippen LogP contribution in [0.25, 0.3) is 10.9 Å². The number of carbonyl (C=O) groups is 1. The van der Waals surface area contributed by atoms with Crippen LogP contribution in [0.5, 0.6) is 5.75 Å². The summed E-state index contributed by atoms with van der Waals surface area (Å²) in [6, 6.07) is 12.6. The molecule has 0 aliphatic rings. The van der Waals surface area contributed by atoms with Crippen molar-refractivity contribution in [3.05, 3.63) is 68.7 Å². The van der Waals surface area contributed by atoms with Crippen LogP contribution in [0.1, 0.15) is 51.4 Å². The molecule has 8 heteroatoms. The fourth-order valence-electron chi connectivity index (χ4n) is 3.08. The Kier molecular flexibility index (Phi) is 7.80. The second kappa shape index (κ2) is 10.5. The highest BCUT2D eigenvalue weighted by Gasteiger charge is 2.17. The largest absolute Gasteiger partial charge is 0.479 e. The number of hydrogen-bond donors (Lipinski definition) is 0. The van der Waals surface area contributed by atoms with E-state index in [-0.39, 0.29) is 11.5 Å². The molecule has 0 aliphatic heterocycles. The molecule has 1 aromatic heterocycles. The van der Waals surface area contributed by atoms with Gasteiger partial charge < -0.3 is 9.47 Å². The smallest absolute Gasteiger partial charge is 0.347 e. The summed E-state index contributed by atoms with van der Waals surface area (Å²) < 4.78 is 12.8. The summed E-state index contributed by atoms with van der Waals surface area (Å²) >= 11 is 3.41. The van der Waals surface area contributed by atoms with Gasteiger partial charge in [0.1, 0.15) is 11.6 Å². The number of ether oxygens (including phenoxy) is 2. The van der Waals surface area contributed by atoms with Crippen LogP contribution in [-0.2, 0) is 9.53 Å². The van der Waals surface area contributed by atoms with E-state index in [0.717, 1.165) is 16.5 Å². The van der Waals surface area contributed by atoms with Crippen molar-refractivity contribution in [2.45, 2.75) is 46.1 Å². The maximum absolute atomic E-state index is 13.2. The average molecular weight is 500 g/mol. The van der Waals surface area contributed by atoms with E-state index < -0.39 is 12.1 Å². The normalized spacial score (nSPS) is 13.3. The zero-order valence-electron chi connectivity index (χ0n) is 18.5. The first kappa shape index (κ1) is 23.7. The predicted molar refractivity (Wildman–Crippen MR) is 129 cm³/mol. The van der Waals surface area contributed by atoms with Gasteiger partial charge in [0, 0.05) is 10.4 Å². The molecule has 2 atom stereocenters. The number of halogens is 1. The summed E-state index contributed by atoms with van der Waals surface area (Å²) in [4.78, 5) is 29.7. The first-order valence-corrected chi connectivity index (χ1v) is 11.3. The highest BCUT2D eigenvalue weighted by molar-refractivity contribution is 9.10. The average Bonchev–Trinajstić information content (AvgIpc) is 2.78. The van der Waals surface area contributed by atoms with Gasteiger partial charge in [-0.05, 0) is 56.2 Å². The minimum absolute atomic E-state index is 0.0491. The molecule has 0 fully saturated rings. The van der Waals surface area contributed by atoms with Crippen molar-refractivity contribution in [3.63, 3.8) is 0 Å². The van der Waals surface area contributed by atoms with Crippen molar-refractivity contribution in [3.8, 4) is 5.75 Å². The molecule has 0 saturated carbocycles. The van der Waals surface area contributed by atoms with E-state index in [2.05, 4.69) is 21.0 Å². The summed E-state index contributed by atoms with van der Waals surface area (Å²) in [5.41, 5.74) is 1.13. The Labute approximate surface area is 195 Å². The summed E-state index contributed by atoms with van der Waals surface area (Å²) in [7, 11) is 0. The maximum atomic E-state index is 13.2. The second-order valence-electron chi connectivity index (χ2n) is 7.39. The Morgan fingerprint density at radius 3 is 2.72 bits per heavy atom. The fraction of sp³-hybridized carbons (Fsp3) is 0.333. The third-order valence-corrected chi connectivity index (χ3v) is 5.49. The summed E-state index contributed by atoms with van der Waals surface area (Å²) in [6.07, 6.45) is 1.67.